The van der Waals surface area contributed by atoms with Gasteiger partial charge in [-0.25, -0.2) is 0 Å². The van der Waals surface area contributed by atoms with Gasteiger partial charge in [0.2, 0.25) is 0 Å². The van der Waals surface area contributed by atoms with Gasteiger partial charge in [0, 0.05) is 24.2 Å². The molecule has 1 spiro atoms. The Morgan fingerprint density at radius 1 is 0.944 bits per heavy atom. The van der Waals surface area contributed by atoms with Crippen molar-refractivity contribution in [2.75, 3.05) is 18.0 Å². The SMILES string of the molecule is OCc1ccc(N2CC3(CCCCCC3)C2)cc1. The standard InChI is InChI=1S/C16H23NO/c18-11-14-5-7-15(8-6-14)17-12-16(13-17)9-3-1-2-4-10-16/h5-8,18H,1-4,9-13H2. The van der Waals surface area contributed by atoms with Crippen LogP contribution in [0.5, 0.6) is 0 Å². The number of aliphatic hydroxyl groups excluding tert-OH is 1. The van der Waals surface area contributed by atoms with Gasteiger partial charge in [0.1, 0.15) is 0 Å². The summed E-state index contributed by atoms with van der Waals surface area (Å²) < 4.78 is 0. The van der Waals surface area contributed by atoms with Gasteiger partial charge in [0.15, 0.2) is 0 Å². The molecule has 2 heteroatoms. The van der Waals surface area contributed by atoms with Gasteiger partial charge in [0.05, 0.1) is 6.61 Å². The maximum Gasteiger partial charge on any atom is 0.0681 e. The average molecular weight is 245 g/mol. The molecule has 0 unspecified atom stereocenters. The Bertz CT molecular complexity index is 382. The molecule has 0 amide bonds. The van der Waals surface area contributed by atoms with Crippen LogP contribution in [0.4, 0.5) is 5.69 Å². The second-order valence-corrected chi connectivity index (χ2v) is 6.09. The molecule has 1 aromatic rings. The summed E-state index contributed by atoms with van der Waals surface area (Å²) in [6.07, 6.45) is 8.59. The van der Waals surface area contributed by atoms with E-state index in [9.17, 15) is 0 Å². The molecule has 3 rings (SSSR count). The summed E-state index contributed by atoms with van der Waals surface area (Å²) in [4.78, 5) is 2.49. The Morgan fingerprint density at radius 2 is 1.56 bits per heavy atom. The number of hydrogen-bond donors (Lipinski definition) is 1. The summed E-state index contributed by atoms with van der Waals surface area (Å²) in [7, 11) is 0. The molecule has 1 aromatic carbocycles. The Morgan fingerprint density at radius 3 is 2.11 bits per heavy atom. The van der Waals surface area contributed by atoms with Gasteiger partial charge < -0.3 is 10.0 Å². The van der Waals surface area contributed by atoms with E-state index in [4.69, 9.17) is 5.11 Å². The van der Waals surface area contributed by atoms with Crippen LogP contribution in [0.1, 0.15) is 44.1 Å². The molecule has 98 valence electrons. The van der Waals surface area contributed by atoms with Gasteiger partial charge >= 0.3 is 0 Å². The zero-order valence-corrected chi connectivity index (χ0v) is 11.1. The predicted molar refractivity (Wildman–Crippen MR) is 74.7 cm³/mol. The minimum absolute atomic E-state index is 0.143. The van der Waals surface area contributed by atoms with Crippen molar-refractivity contribution in [2.24, 2.45) is 5.41 Å². The lowest BCUT2D eigenvalue weighted by Gasteiger charge is -2.51. The quantitative estimate of drug-likeness (QED) is 0.864. The Balaban J connectivity index is 1.63. The van der Waals surface area contributed by atoms with E-state index in [2.05, 4.69) is 17.0 Å². The van der Waals surface area contributed by atoms with Crippen LogP contribution in [0.3, 0.4) is 0 Å². The van der Waals surface area contributed by atoms with E-state index in [0.717, 1.165) is 5.56 Å². The third kappa shape index (κ3) is 2.26. The molecular weight excluding hydrogens is 222 g/mol. The molecular formula is C16H23NO. The molecule has 1 heterocycles. The summed E-state index contributed by atoms with van der Waals surface area (Å²) in [5, 5.41) is 9.05. The first-order valence-electron chi connectivity index (χ1n) is 7.26. The summed E-state index contributed by atoms with van der Waals surface area (Å²) >= 11 is 0. The fourth-order valence-electron chi connectivity index (χ4n) is 3.55. The zero-order chi connectivity index (χ0) is 12.4. The third-order valence-electron chi connectivity index (χ3n) is 4.70. The molecule has 0 bridgehead atoms. The summed E-state index contributed by atoms with van der Waals surface area (Å²) in [5.74, 6) is 0. The van der Waals surface area contributed by atoms with Gasteiger partial charge in [-0.15, -0.1) is 0 Å². The number of hydrogen-bond acceptors (Lipinski definition) is 2. The number of nitrogens with zero attached hydrogens (tertiary/aromatic N) is 1. The summed E-state index contributed by atoms with van der Waals surface area (Å²) in [5.41, 5.74) is 2.96. The minimum Gasteiger partial charge on any atom is -0.392 e. The lowest BCUT2D eigenvalue weighted by molar-refractivity contribution is 0.180. The molecule has 2 fully saturated rings. The van der Waals surface area contributed by atoms with E-state index >= 15 is 0 Å². The van der Waals surface area contributed by atoms with Crippen molar-refractivity contribution in [3.05, 3.63) is 29.8 Å². The van der Waals surface area contributed by atoms with Crippen LogP contribution >= 0.6 is 0 Å². The van der Waals surface area contributed by atoms with Crippen molar-refractivity contribution in [1.29, 1.82) is 0 Å². The summed E-state index contributed by atoms with van der Waals surface area (Å²) in [6.45, 7) is 2.63. The predicted octanol–water partition coefficient (Wildman–Crippen LogP) is 3.34. The molecule has 18 heavy (non-hydrogen) atoms. The molecule has 1 saturated heterocycles. The molecule has 0 aromatic heterocycles. The van der Waals surface area contributed by atoms with Crippen molar-refractivity contribution in [1.82, 2.24) is 0 Å². The van der Waals surface area contributed by atoms with Gasteiger partial charge in [-0.05, 0) is 30.5 Å². The Hall–Kier alpha value is -1.02. The highest BCUT2D eigenvalue weighted by molar-refractivity contribution is 5.50. The highest BCUT2D eigenvalue weighted by Gasteiger charge is 2.42. The van der Waals surface area contributed by atoms with Crippen LogP contribution in [-0.2, 0) is 6.61 Å². The number of aliphatic hydroxyl groups is 1. The first-order chi connectivity index (χ1) is 8.81. The van der Waals surface area contributed by atoms with Crippen LogP contribution in [0.15, 0.2) is 24.3 Å². The van der Waals surface area contributed by atoms with Gasteiger partial charge in [-0.1, -0.05) is 37.8 Å². The summed E-state index contributed by atoms with van der Waals surface area (Å²) in [6, 6.07) is 8.37. The maximum atomic E-state index is 9.05. The lowest BCUT2D eigenvalue weighted by atomic mass is 9.73. The Kier molecular flexibility index (Phi) is 3.29. The fourth-order valence-corrected chi connectivity index (χ4v) is 3.55. The van der Waals surface area contributed by atoms with Crippen LogP contribution in [0, 0.1) is 5.41 Å². The molecule has 0 atom stereocenters. The third-order valence-corrected chi connectivity index (χ3v) is 4.70. The molecule has 1 N–H and O–H groups in total. The minimum atomic E-state index is 0.143. The first kappa shape index (κ1) is 12.0. The number of anilines is 1. The highest BCUT2D eigenvalue weighted by Crippen LogP contribution is 2.44. The van der Waals surface area contributed by atoms with Crippen molar-refractivity contribution in [2.45, 2.75) is 45.1 Å². The molecule has 2 aliphatic rings. The van der Waals surface area contributed by atoms with Crippen LogP contribution in [0.25, 0.3) is 0 Å². The second-order valence-electron chi connectivity index (χ2n) is 6.09. The largest absolute Gasteiger partial charge is 0.392 e. The zero-order valence-electron chi connectivity index (χ0n) is 11.1. The van der Waals surface area contributed by atoms with E-state index in [1.165, 1.54) is 57.3 Å². The normalized spacial score (nSPS) is 22.6. The van der Waals surface area contributed by atoms with Crippen LogP contribution in [0.2, 0.25) is 0 Å². The van der Waals surface area contributed by atoms with Gasteiger partial charge in [0.25, 0.3) is 0 Å². The monoisotopic (exact) mass is 245 g/mol. The first-order valence-corrected chi connectivity index (χ1v) is 7.26. The number of rotatable bonds is 2. The van der Waals surface area contributed by atoms with Crippen molar-refractivity contribution >= 4 is 5.69 Å². The van der Waals surface area contributed by atoms with E-state index in [1.54, 1.807) is 0 Å². The topological polar surface area (TPSA) is 23.5 Å². The van der Waals surface area contributed by atoms with Crippen molar-refractivity contribution in [3.63, 3.8) is 0 Å². The number of benzene rings is 1. The molecule has 2 nitrogen and oxygen atoms in total. The lowest BCUT2D eigenvalue weighted by Crippen LogP contribution is -2.56. The van der Waals surface area contributed by atoms with Crippen molar-refractivity contribution in [3.8, 4) is 0 Å². The van der Waals surface area contributed by atoms with Gasteiger partial charge in [-0.3, -0.25) is 0 Å². The van der Waals surface area contributed by atoms with Crippen LogP contribution in [-0.4, -0.2) is 18.2 Å². The smallest absolute Gasteiger partial charge is 0.0681 e. The second kappa shape index (κ2) is 4.93. The average Bonchev–Trinajstić information content (AvgIpc) is 2.63. The molecule has 0 radical (unpaired) electrons. The molecule has 1 aliphatic carbocycles. The Labute approximate surface area is 110 Å². The van der Waals surface area contributed by atoms with E-state index < -0.39 is 0 Å². The van der Waals surface area contributed by atoms with Gasteiger partial charge in [-0.2, -0.15) is 0 Å². The fraction of sp³-hybridized carbons (Fsp3) is 0.625. The maximum absolute atomic E-state index is 9.05. The van der Waals surface area contributed by atoms with E-state index in [1.807, 2.05) is 12.1 Å². The van der Waals surface area contributed by atoms with Crippen molar-refractivity contribution < 1.29 is 5.11 Å². The molecule has 1 saturated carbocycles. The van der Waals surface area contributed by atoms with E-state index in [0.29, 0.717) is 5.41 Å². The molecule has 1 aliphatic heterocycles. The van der Waals surface area contributed by atoms with E-state index in [-0.39, 0.29) is 6.61 Å². The van der Waals surface area contributed by atoms with Crippen LogP contribution < -0.4 is 4.90 Å². The highest BCUT2D eigenvalue weighted by atomic mass is 16.3.